The van der Waals surface area contributed by atoms with Crippen molar-refractivity contribution in [2.45, 2.75) is 18.6 Å². The number of carbonyl (C=O) groups excluding carboxylic acids is 1. The fourth-order valence-corrected chi connectivity index (χ4v) is 3.73. The van der Waals surface area contributed by atoms with Crippen molar-refractivity contribution in [1.29, 1.82) is 0 Å². The fraction of sp³-hybridized carbons (Fsp3) is 0.167. The minimum Gasteiger partial charge on any atom is -0.368 e. The Bertz CT molecular complexity index is 1100. The molecule has 0 aliphatic heterocycles. The number of nitrogens with one attached hydrogen (secondary N) is 2. The zero-order valence-corrected chi connectivity index (χ0v) is 15.0. The predicted octanol–water partition coefficient (Wildman–Crippen LogP) is 3.25. The van der Waals surface area contributed by atoms with Crippen LogP contribution in [0.1, 0.15) is 6.92 Å². The van der Waals surface area contributed by atoms with Crippen molar-refractivity contribution < 1.29 is 4.79 Å². The summed E-state index contributed by atoms with van der Waals surface area (Å²) in [5.41, 5.74) is 8.61. The van der Waals surface area contributed by atoms with Crippen LogP contribution in [0.3, 0.4) is 0 Å². The third-order valence-electron chi connectivity index (χ3n) is 4.19. The molecule has 26 heavy (non-hydrogen) atoms. The summed E-state index contributed by atoms with van der Waals surface area (Å²) in [7, 11) is 0. The van der Waals surface area contributed by atoms with Crippen molar-refractivity contribution in [1.82, 2.24) is 19.7 Å². The molecule has 0 bridgehead atoms. The van der Waals surface area contributed by atoms with Crippen LogP contribution in [0.5, 0.6) is 0 Å². The maximum atomic E-state index is 12.2. The largest absolute Gasteiger partial charge is 0.368 e. The number of para-hydroxylation sites is 1. The number of nitrogens with zero attached hydrogens (tertiary/aromatic N) is 3. The van der Waals surface area contributed by atoms with Crippen molar-refractivity contribution in [3.05, 3.63) is 42.5 Å². The normalized spacial score (nSPS) is 11.3. The summed E-state index contributed by atoms with van der Waals surface area (Å²) in [6.45, 7) is 3.03. The molecule has 7 nitrogen and oxygen atoms in total. The summed E-state index contributed by atoms with van der Waals surface area (Å²) in [6, 6.07) is 14.3. The number of fused-ring (bicyclic) bond motifs is 3. The zero-order chi connectivity index (χ0) is 18.1. The summed E-state index contributed by atoms with van der Waals surface area (Å²) >= 11 is 1.23. The first kappa shape index (κ1) is 16.5. The molecule has 0 saturated carbocycles. The van der Waals surface area contributed by atoms with Crippen LogP contribution in [0.15, 0.2) is 47.6 Å². The maximum absolute atomic E-state index is 12.2. The first-order valence-electron chi connectivity index (χ1n) is 8.27. The molecule has 0 aliphatic rings. The van der Waals surface area contributed by atoms with Crippen LogP contribution in [0.2, 0.25) is 0 Å². The molecule has 1 amide bonds. The number of H-pyrrole nitrogens is 1. The molecule has 0 atom stereocenters. The number of amides is 1. The van der Waals surface area contributed by atoms with Crippen molar-refractivity contribution in [3.8, 4) is 0 Å². The number of nitrogen functional groups attached to an aromatic ring is 1. The molecule has 0 radical (unpaired) electrons. The van der Waals surface area contributed by atoms with Gasteiger partial charge in [-0.25, -0.2) is 5.10 Å². The van der Waals surface area contributed by atoms with E-state index in [0.717, 1.165) is 23.1 Å². The second-order valence-electron chi connectivity index (χ2n) is 5.83. The number of anilines is 2. The number of aromatic amines is 1. The van der Waals surface area contributed by atoms with Gasteiger partial charge < -0.3 is 15.6 Å². The Morgan fingerprint density at radius 2 is 2.04 bits per heavy atom. The Balaban J connectivity index is 1.57. The predicted molar refractivity (Wildman–Crippen MR) is 105 cm³/mol. The van der Waals surface area contributed by atoms with Gasteiger partial charge in [0.2, 0.25) is 17.0 Å². The van der Waals surface area contributed by atoms with E-state index in [9.17, 15) is 4.79 Å². The van der Waals surface area contributed by atoms with E-state index in [1.165, 1.54) is 22.7 Å². The molecule has 0 fully saturated rings. The second kappa shape index (κ2) is 6.72. The van der Waals surface area contributed by atoms with E-state index in [0.29, 0.717) is 5.16 Å². The average molecular weight is 366 g/mol. The molecule has 0 spiro atoms. The van der Waals surface area contributed by atoms with Crippen molar-refractivity contribution >= 4 is 51.1 Å². The average Bonchev–Trinajstić information content (AvgIpc) is 3.20. The van der Waals surface area contributed by atoms with E-state index < -0.39 is 0 Å². The molecule has 0 aliphatic carbocycles. The van der Waals surface area contributed by atoms with Crippen LogP contribution >= 0.6 is 11.8 Å². The van der Waals surface area contributed by atoms with Crippen LogP contribution in [-0.2, 0) is 11.3 Å². The highest BCUT2D eigenvalue weighted by molar-refractivity contribution is 7.99. The third kappa shape index (κ3) is 2.99. The summed E-state index contributed by atoms with van der Waals surface area (Å²) in [5.74, 6) is 0.342. The fourth-order valence-electron chi connectivity index (χ4n) is 3.12. The number of benzene rings is 2. The molecular weight excluding hydrogens is 348 g/mol. The molecular formula is C18H18N6OS. The lowest BCUT2D eigenvalue weighted by Gasteiger charge is -2.06. The summed E-state index contributed by atoms with van der Waals surface area (Å²) < 4.78 is 2.28. The Morgan fingerprint density at radius 1 is 1.23 bits per heavy atom. The van der Waals surface area contributed by atoms with Gasteiger partial charge in [-0.2, -0.15) is 4.98 Å². The van der Waals surface area contributed by atoms with Gasteiger partial charge in [-0.1, -0.05) is 30.0 Å². The van der Waals surface area contributed by atoms with E-state index >= 15 is 0 Å². The molecule has 4 aromatic rings. The highest BCUT2D eigenvalue weighted by Crippen LogP contribution is 2.31. The minimum absolute atomic E-state index is 0.114. The van der Waals surface area contributed by atoms with E-state index in [2.05, 4.69) is 50.2 Å². The number of aryl methyl sites for hydroxylation is 1. The molecule has 2 aromatic heterocycles. The number of rotatable bonds is 5. The topological polar surface area (TPSA) is 102 Å². The maximum Gasteiger partial charge on any atom is 0.234 e. The van der Waals surface area contributed by atoms with Gasteiger partial charge in [-0.05, 0) is 31.2 Å². The highest BCUT2D eigenvalue weighted by atomic mass is 32.2. The van der Waals surface area contributed by atoms with Gasteiger partial charge in [0.05, 0.1) is 5.75 Å². The molecule has 2 aromatic carbocycles. The van der Waals surface area contributed by atoms with Crippen LogP contribution < -0.4 is 11.1 Å². The van der Waals surface area contributed by atoms with Crippen LogP contribution in [0, 0.1) is 0 Å². The monoisotopic (exact) mass is 366 g/mol. The number of aromatic nitrogens is 4. The number of hydrogen-bond acceptors (Lipinski definition) is 5. The smallest absolute Gasteiger partial charge is 0.234 e. The lowest BCUT2D eigenvalue weighted by Crippen LogP contribution is -2.14. The summed E-state index contributed by atoms with van der Waals surface area (Å²) in [6.07, 6.45) is 0. The number of carbonyl (C=O) groups is 1. The van der Waals surface area contributed by atoms with Crippen LogP contribution in [-0.4, -0.2) is 31.4 Å². The SMILES string of the molecule is CCn1c2ccccc2c2cc(NC(=O)CSc3n[nH]c(N)n3)ccc21. The Kier molecular flexibility index (Phi) is 4.26. The Hall–Kier alpha value is -3.00. The molecule has 0 saturated heterocycles. The minimum atomic E-state index is -0.114. The molecule has 0 unspecified atom stereocenters. The van der Waals surface area contributed by atoms with Gasteiger partial charge in [-0.3, -0.25) is 4.79 Å². The third-order valence-corrected chi connectivity index (χ3v) is 5.03. The number of nitrogens with two attached hydrogens (primary N) is 1. The van der Waals surface area contributed by atoms with Gasteiger partial charge in [0.1, 0.15) is 0 Å². The van der Waals surface area contributed by atoms with E-state index in [-0.39, 0.29) is 17.6 Å². The van der Waals surface area contributed by atoms with E-state index in [1.54, 1.807) is 0 Å². The molecule has 4 rings (SSSR count). The molecule has 132 valence electrons. The molecule has 2 heterocycles. The second-order valence-corrected chi connectivity index (χ2v) is 6.78. The number of thioether (sulfide) groups is 1. The van der Waals surface area contributed by atoms with Crippen LogP contribution in [0.4, 0.5) is 11.6 Å². The molecule has 8 heteroatoms. The lowest BCUT2D eigenvalue weighted by molar-refractivity contribution is -0.113. The van der Waals surface area contributed by atoms with E-state index in [1.807, 2.05) is 24.3 Å². The molecule has 4 N–H and O–H groups in total. The Morgan fingerprint density at radius 3 is 2.81 bits per heavy atom. The highest BCUT2D eigenvalue weighted by Gasteiger charge is 2.11. The lowest BCUT2D eigenvalue weighted by atomic mass is 10.1. The number of hydrogen-bond donors (Lipinski definition) is 3. The van der Waals surface area contributed by atoms with Crippen molar-refractivity contribution in [2.24, 2.45) is 0 Å². The summed E-state index contributed by atoms with van der Waals surface area (Å²) in [4.78, 5) is 16.2. The van der Waals surface area contributed by atoms with Gasteiger partial charge >= 0.3 is 0 Å². The summed E-state index contributed by atoms with van der Waals surface area (Å²) in [5, 5.41) is 12.2. The first-order chi connectivity index (χ1) is 12.7. The standard InChI is InChI=1S/C18H18N6OS/c1-2-24-14-6-4-3-5-12(14)13-9-11(7-8-15(13)24)20-16(25)10-26-18-21-17(19)22-23-18/h3-9H,2,10H2,1H3,(H,20,25)(H3,19,21,22,23). The van der Waals surface area contributed by atoms with Crippen molar-refractivity contribution in [3.63, 3.8) is 0 Å². The zero-order valence-electron chi connectivity index (χ0n) is 14.2. The van der Waals surface area contributed by atoms with Gasteiger partial charge in [-0.15, -0.1) is 5.10 Å². The van der Waals surface area contributed by atoms with Gasteiger partial charge in [0.25, 0.3) is 0 Å². The Labute approximate surface area is 154 Å². The van der Waals surface area contributed by atoms with Crippen molar-refractivity contribution in [2.75, 3.05) is 16.8 Å². The van der Waals surface area contributed by atoms with Gasteiger partial charge in [0, 0.05) is 34.0 Å². The van der Waals surface area contributed by atoms with Crippen LogP contribution in [0.25, 0.3) is 21.8 Å². The quantitative estimate of drug-likeness (QED) is 0.471. The first-order valence-corrected chi connectivity index (χ1v) is 9.26. The van der Waals surface area contributed by atoms with E-state index in [4.69, 9.17) is 5.73 Å². The van der Waals surface area contributed by atoms with Gasteiger partial charge in [0.15, 0.2) is 0 Å².